The molecule has 0 atom stereocenters. The van der Waals surface area contributed by atoms with Gasteiger partial charge in [-0.05, 0) is 64.0 Å². The summed E-state index contributed by atoms with van der Waals surface area (Å²) in [7, 11) is 0. The van der Waals surface area contributed by atoms with Crippen molar-refractivity contribution in [1.29, 1.82) is 0 Å². The lowest BCUT2D eigenvalue weighted by Gasteiger charge is -2.29. The molecule has 51 heavy (non-hydrogen) atoms. The second kappa shape index (κ2) is 10.8. The molecule has 0 amide bonds. The molecule has 0 aliphatic rings. The van der Waals surface area contributed by atoms with Crippen LogP contribution in [0.2, 0.25) is 0 Å². The van der Waals surface area contributed by atoms with E-state index in [0.29, 0.717) is 0 Å². The van der Waals surface area contributed by atoms with Gasteiger partial charge >= 0.3 is 0 Å². The van der Waals surface area contributed by atoms with Gasteiger partial charge < -0.3 is 13.7 Å². The third kappa shape index (κ3) is 4.19. The molecule has 0 saturated carbocycles. The Morgan fingerprint density at radius 1 is 0.314 bits per heavy atom. The number of hydrogen-bond donors (Lipinski definition) is 0. The number of furan rings is 2. The lowest BCUT2D eigenvalue weighted by Crippen LogP contribution is -2.12. The third-order valence-corrected chi connectivity index (χ3v) is 10.4. The molecular formula is C48H29NO2. The van der Waals surface area contributed by atoms with Gasteiger partial charge in [0.15, 0.2) is 0 Å². The molecular weight excluding hydrogens is 623 g/mol. The minimum atomic E-state index is 0.855. The number of fused-ring (bicyclic) bond motifs is 10. The van der Waals surface area contributed by atoms with Crippen molar-refractivity contribution in [2.75, 3.05) is 4.90 Å². The Bertz CT molecular complexity index is 3160. The Hall–Kier alpha value is -6.84. The van der Waals surface area contributed by atoms with Gasteiger partial charge in [0.2, 0.25) is 0 Å². The minimum absolute atomic E-state index is 0.855. The zero-order valence-corrected chi connectivity index (χ0v) is 27.5. The molecule has 0 spiro atoms. The normalized spacial score (nSPS) is 11.9. The SMILES string of the molecule is c1ccc(N(c2cccc3ccccc23)c2cccc3oc4c5ccccc5ccc4c23)c(-c2cccc3c2oc2cc4ccccc4cc23)c1. The highest BCUT2D eigenvalue weighted by Gasteiger charge is 2.25. The molecule has 0 saturated heterocycles. The fourth-order valence-electron chi connectivity index (χ4n) is 8.11. The lowest BCUT2D eigenvalue weighted by atomic mass is 9.97. The van der Waals surface area contributed by atoms with E-state index < -0.39 is 0 Å². The zero-order chi connectivity index (χ0) is 33.5. The molecule has 0 radical (unpaired) electrons. The van der Waals surface area contributed by atoms with Crippen LogP contribution in [0.15, 0.2) is 185 Å². The van der Waals surface area contributed by atoms with Gasteiger partial charge in [0.1, 0.15) is 22.3 Å². The van der Waals surface area contributed by atoms with Crippen LogP contribution in [-0.4, -0.2) is 0 Å². The number of para-hydroxylation sites is 2. The molecule has 0 aliphatic carbocycles. The fraction of sp³-hybridized carbons (Fsp3) is 0. The summed E-state index contributed by atoms with van der Waals surface area (Å²) in [6.07, 6.45) is 0. The summed E-state index contributed by atoms with van der Waals surface area (Å²) in [5, 5.41) is 11.4. The van der Waals surface area contributed by atoms with Crippen molar-refractivity contribution in [3.63, 3.8) is 0 Å². The molecule has 3 heteroatoms. The maximum absolute atomic E-state index is 6.79. The number of benzene rings is 9. The monoisotopic (exact) mass is 651 g/mol. The van der Waals surface area contributed by atoms with Crippen LogP contribution in [0.4, 0.5) is 17.1 Å². The second-order valence-electron chi connectivity index (χ2n) is 13.2. The van der Waals surface area contributed by atoms with E-state index in [-0.39, 0.29) is 0 Å². The van der Waals surface area contributed by atoms with Gasteiger partial charge in [-0.1, -0.05) is 133 Å². The van der Waals surface area contributed by atoms with Crippen LogP contribution in [0.5, 0.6) is 0 Å². The predicted molar refractivity (Wildman–Crippen MR) is 214 cm³/mol. The highest BCUT2D eigenvalue weighted by Crippen LogP contribution is 2.49. The van der Waals surface area contributed by atoms with Gasteiger partial charge in [0.05, 0.1) is 22.4 Å². The van der Waals surface area contributed by atoms with Crippen molar-refractivity contribution in [2.24, 2.45) is 0 Å². The summed E-state index contributed by atoms with van der Waals surface area (Å²) in [4.78, 5) is 2.42. The van der Waals surface area contributed by atoms with Crippen LogP contribution >= 0.6 is 0 Å². The van der Waals surface area contributed by atoms with Gasteiger partial charge in [-0.15, -0.1) is 0 Å². The molecule has 0 aliphatic heterocycles. The molecule has 11 rings (SSSR count). The van der Waals surface area contributed by atoms with E-state index in [1.807, 2.05) is 0 Å². The van der Waals surface area contributed by atoms with E-state index in [1.165, 1.54) is 21.5 Å². The topological polar surface area (TPSA) is 29.5 Å². The average molecular weight is 652 g/mol. The first-order valence-electron chi connectivity index (χ1n) is 17.3. The first-order chi connectivity index (χ1) is 25.3. The number of rotatable bonds is 4. The van der Waals surface area contributed by atoms with Crippen molar-refractivity contribution in [3.8, 4) is 11.1 Å². The number of nitrogens with zero attached hydrogens (tertiary/aromatic N) is 1. The standard InChI is InChI=1S/C48H29NO2/c1-2-15-33-29-45-40(28-32(33)14-1)38-21-10-20-37(48(38)51-45)36-19-7-8-22-42(36)49(41-23-9-16-30-12-3-5-17-34(30)41)43-24-11-25-44-46(43)39-27-26-31-13-4-6-18-35(31)47(39)50-44/h1-29H. The summed E-state index contributed by atoms with van der Waals surface area (Å²) in [5.74, 6) is 0. The Morgan fingerprint density at radius 2 is 0.902 bits per heavy atom. The van der Waals surface area contributed by atoms with Crippen LogP contribution in [0.1, 0.15) is 0 Å². The molecule has 2 aromatic heterocycles. The zero-order valence-electron chi connectivity index (χ0n) is 27.5. The van der Waals surface area contributed by atoms with Gasteiger partial charge in [-0.25, -0.2) is 0 Å². The van der Waals surface area contributed by atoms with Crippen LogP contribution in [0.25, 0.3) is 87.3 Å². The molecule has 2 heterocycles. The van der Waals surface area contributed by atoms with E-state index in [0.717, 1.165) is 82.8 Å². The second-order valence-corrected chi connectivity index (χ2v) is 13.2. The largest absolute Gasteiger partial charge is 0.455 e. The first-order valence-corrected chi connectivity index (χ1v) is 17.3. The summed E-state index contributed by atoms with van der Waals surface area (Å²) < 4.78 is 13.5. The maximum atomic E-state index is 6.79. The minimum Gasteiger partial charge on any atom is -0.455 e. The van der Waals surface area contributed by atoms with Gasteiger partial charge in [-0.2, -0.15) is 0 Å². The highest BCUT2D eigenvalue weighted by molar-refractivity contribution is 6.21. The average Bonchev–Trinajstić information content (AvgIpc) is 3.76. The summed E-state index contributed by atoms with van der Waals surface area (Å²) in [6, 6.07) is 62.5. The smallest absolute Gasteiger partial charge is 0.143 e. The van der Waals surface area contributed by atoms with E-state index in [9.17, 15) is 0 Å². The summed E-state index contributed by atoms with van der Waals surface area (Å²) in [5.41, 5.74) is 8.84. The quantitative estimate of drug-likeness (QED) is 0.190. The van der Waals surface area contributed by atoms with E-state index in [4.69, 9.17) is 8.83 Å². The first kappa shape index (κ1) is 28.0. The van der Waals surface area contributed by atoms with Gasteiger partial charge in [-0.3, -0.25) is 0 Å². The Labute approximate surface area is 293 Å². The number of anilines is 3. The van der Waals surface area contributed by atoms with Crippen molar-refractivity contribution in [1.82, 2.24) is 0 Å². The molecule has 0 bridgehead atoms. The molecule has 3 nitrogen and oxygen atoms in total. The molecule has 11 aromatic rings. The number of hydrogen-bond acceptors (Lipinski definition) is 3. The van der Waals surface area contributed by atoms with Crippen LogP contribution < -0.4 is 4.90 Å². The molecule has 0 N–H and O–H groups in total. The van der Waals surface area contributed by atoms with Crippen molar-refractivity contribution in [2.45, 2.75) is 0 Å². The van der Waals surface area contributed by atoms with Crippen LogP contribution in [0.3, 0.4) is 0 Å². The third-order valence-electron chi connectivity index (χ3n) is 10.4. The van der Waals surface area contributed by atoms with Crippen molar-refractivity contribution in [3.05, 3.63) is 176 Å². The van der Waals surface area contributed by atoms with Crippen molar-refractivity contribution < 1.29 is 8.83 Å². The maximum Gasteiger partial charge on any atom is 0.143 e. The molecule has 0 unspecified atom stereocenters. The summed E-state index contributed by atoms with van der Waals surface area (Å²) in [6.45, 7) is 0. The Morgan fingerprint density at radius 3 is 1.78 bits per heavy atom. The van der Waals surface area contributed by atoms with E-state index in [2.05, 4.69) is 181 Å². The van der Waals surface area contributed by atoms with E-state index >= 15 is 0 Å². The van der Waals surface area contributed by atoms with Crippen LogP contribution in [0, 0.1) is 0 Å². The summed E-state index contributed by atoms with van der Waals surface area (Å²) >= 11 is 0. The van der Waals surface area contributed by atoms with Crippen LogP contribution in [-0.2, 0) is 0 Å². The lowest BCUT2D eigenvalue weighted by molar-refractivity contribution is 0.670. The van der Waals surface area contributed by atoms with Crippen molar-refractivity contribution >= 4 is 93.3 Å². The molecule has 0 fully saturated rings. The van der Waals surface area contributed by atoms with Gasteiger partial charge in [0.25, 0.3) is 0 Å². The molecule has 9 aromatic carbocycles. The Balaban J connectivity index is 1.23. The van der Waals surface area contributed by atoms with E-state index in [1.54, 1.807) is 0 Å². The molecule has 238 valence electrons. The Kier molecular flexibility index (Phi) is 5.96. The highest BCUT2D eigenvalue weighted by atomic mass is 16.3. The predicted octanol–water partition coefficient (Wildman–Crippen LogP) is 14.1. The fourth-order valence-corrected chi connectivity index (χ4v) is 8.11. The van der Waals surface area contributed by atoms with Gasteiger partial charge in [0, 0.05) is 38.1 Å².